The smallest absolute Gasteiger partial charge is 0.118 e. The van der Waals surface area contributed by atoms with Crippen molar-refractivity contribution in [1.82, 2.24) is 5.32 Å². The van der Waals surface area contributed by atoms with E-state index in [9.17, 15) is 0 Å². The molecule has 88 valence electrons. The van der Waals surface area contributed by atoms with Gasteiger partial charge in [-0.1, -0.05) is 0 Å². The first-order valence-corrected chi connectivity index (χ1v) is 6.87. The van der Waals surface area contributed by atoms with Crippen molar-refractivity contribution in [3.05, 3.63) is 24.3 Å². The number of nitrogens with one attached hydrogen (secondary N) is 1. The molecule has 2 nitrogen and oxygen atoms in total. The van der Waals surface area contributed by atoms with Gasteiger partial charge in [-0.05, 0) is 55.8 Å². The molecule has 2 rings (SSSR count). The summed E-state index contributed by atoms with van der Waals surface area (Å²) in [5.41, 5.74) is 0. The minimum Gasteiger partial charge on any atom is -0.497 e. The molecule has 1 aliphatic rings. The third-order valence-corrected chi connectivity index (χ3v) is 3.76. The van der Waals surface area contributed by atoms with E-state index in [1.165, 1.54) is 29.9 Å². The van der Waals surface area contributed by atoms with Gasteiger partial charge < -0.3 is 10.1 Å². The fourth-order valence-corrected chi connectivity index (χ4v) is 2.38. The molecule has 0 saturated heterocycles. The van der Waals surface area contributed by atoms with Crippen LogP contribution in [0, 0.1) is 0 Å². The standard InChI is InChI=1S/C13H19NOS/c1-15-12-5-7-13(8-6-12)16-10-2-9-14-11-3-4-11/h5-8,11,14H,2-4,9-10H2,1H3. The molecule has 0 radical (unpaired) electrons. The molecule has 1 aromatic carbocycles. The van der Waals surface area contributed by atoms with Crippen molar-refractivity contribution in [2.24, 2.45) is 0 Å². The summed E-state index contributed by atoms with van der Waals surface area (Å²) >= 11 is 1.92. The highest BCUT2D eigenvalue weighted by molar-refractivity contribution is 7.99. The highest BCUT2D eigenvalue weighted by Crippen LogP contribution is 2.22. The van der Waals surface area contributed by atoms with Gasteiger partial charge in [-0.15, -0.1) is 11.8 Å². The second kappa shape index (κ2) is 6.16. The van der Waals surface area contributed by atoms with E-state index in [0.717, 1.165) is 18.3 Å². The van der Waals surface area contributed by atoms with E-state index in [0.29, 0.717) is 0 Å². The van der Waals surface area contributed by atoms with Crippen LogP contribution < -0.4 is 10.1 Å². The van der Waals surface area contributed by atoms with Gasteiger partial charge in [0.05, 0.1) is 7.11 Å². The average Bonchev–Trinajstić information content (AvgIpc) is 3.13. The van der Waals surface area contributed by atoms with Crippen LogP contribution in [-0.2, 0) is 0 Å². The fraction of sp³-hybridized carbons (Fsp3) is 0.538. The molecule has 0 aromatic heterocycles. The molecular formula is C13H19NOS. The van der Waals surface area contributed by atoms with Gasteiger partial charge in [-0.3, -0.25) is 0 Å². The molecule has 0 atom stereocenters. The Balaban J connectivity index is 1.60. The van der Waals surface area contributed by atoms with Crippen LogP contribution in [0.25, 0.3) is 0 Å². The monoisotopic (exact) mass is 237 g/mol. The molecule has 1 fully saturated rings. The number of hydrogen-bond donors (Lipinski definition) is 1. The minimum atomic E-state index is 0.839. The van der Waals surface area contributed by atoms with Gasteiger partial charge in [0, 0.05) is 10.9 Å². The van der Waals surface area contributed by atoms with Gasteiger partial charge in [0.1, 0.15) is 5.75 Å². The molecular weight excluding hydrogens is 218 g/mol. The van der Waals surface area contributed by atoms with E-state index in [2.05, 4.69) is 17.4 Å². The zero-order valence-corrected chi connectivity index (χ0v) is 10.6. The van der Waals surface area contributed by atoms with Gasteiger partial charge in [0.25, 0.3) is 0 Å². The van der Waals surface area contributed by atoms with Gasteiger partial charge in [-0.25, -0.2) is 0 Å². The van der Waals surface area contributed by atoms with Crippen LogP contribution in [0.5, 0.6) is 5.75 Å². The Morgan fingerprint density at radius 1 is 1.31 bits per heavy atom. The third kappa shape index (κ3) is 4.06. The van der Waals surface area contributed by atoms with Crippen molar-refractivity contribution in [3.8, 4) is 5.75 Å². The summed E-state index contributed by atoms with van der Waals surface area (Å²) in [5, 5.41) is 3.53. The summed E-state index contributed by atoms with van der Waals surface area (Å²) in [5.74, 6) is 2.12. The van der Waals surface area contributed by atoms with Crippen LogP contribution in [-0.4, -0.2) is 25.4 Å². The van der Waals surface area contributed by atoms with Gasteiger partial charge in [0.15, 0.2) is 0 Å². The maximum Gasteiger partial charge on any atom is 0.118 e. The highest BCUT2D eigenvalue weighted by atomic mass is 32.2. The lowest BCUT2D eigenvalue weighted by molar-refractivity contribution is 0.414. The Morgan fingerprint density at radius 2 is 2.06 bits per heavy atom. The number of thioether (sulfide) groups is 1. The zero-order chi connectivity index (χ0) is 11.2. The summed E-state index contributed by atoms with van der Waals surface area (Å²) in [4.78, 5) is 1.33. The first kappa shape index (κ1) is 11.8. The van der Waals surface area contributed by atoms with E-state index in [-0.39, 0.29) is 0 Å². The third-order valence-electron chi connectivity index (χ3n) is 2.66. The maximum atomic E-state index is 5.13. The Morgan fingerprint density at radius 3 is 2.69 bits per heavy atom. The van der Waals surface area contributed by atoms with E-state index in [4.69, 9.17) is 4.74 Å². The van der Waals surface area contributed by atoms with Crippen molar-refractivity contribution < 1.29 is 4.74 Å². The molecule has 1 N–H and O–H groups in total. The lowest BCUT2D eigenvalue weighted by Crippen LogP contribution is -2.17. The molecule has 0 bridgehead atoms. The lowest BCUT2D eigenvalue weighted by Gasteiger charge is -2.04. The molecule has 3 heteroatoms. The SMILES string of the molecule is COc1ccc(SCCCNC2CC2)cc1. The molecule has 0 amide bonds. The highest BCUT2D eigenvalue weighted by Gasteiger charge is 2.19. The molecule has 0 aliphatic heterocycles. The van der Waals surface area contributed by atoms with Crippen molar-refractivity contribution in [2.45, 2.75) is 30.2 Å². The van der Waals surface area contributed by atoms with Crippen LogP contribution in [0.1, 0.15) is 19.3 Å². The summed E-state index contributed by atoms with van der Waals surface area (Å²) in [6.07, 6.45) is 4.00. The Hall–Kier alpha value is -0.670. The predicted octanol–water partition coefficient (Wildman–Crippen LogP) is 2.93. The van der Waals surface area contributed by atoms with Crippen LogP contribution in [0.2, 0.25) is 0 Å². The molecule has 0 spiro atoms. The molecule has 1 saturated carbocycles. The van der Waals surface area contributed by atoms with Crippen molar-refractivity contribution in [3.63, 3.8) is 0 Å². The Kier molecular flexibility index (Phi) is 4.55. The topological polar surface area (TPSA) is 21.3 Å². The van der Waals surface area contributed by atoms with E-state index in [1.54, 1.807) is 7.11 Å². The number of rotatable bonds is 7. The maximum absolute atomic E-state index is 5.13. The molecule has 16 heavy (non-hydrogen) atoms. The Bertz CT molecular complexity index is 308. The van der Waals surface area contributed by atoms with Gasteiger partial charge in [0.2, 0.25) is 0 Å². The van der Waals surface area contributed by atoms with Crippen LogP contribution in [0.3, 0.4) is 0 Å². The first-order valence-electron chi connectivity index (χ1n) is 5.89. The second-order valence-corrected chi connectivity index (χ2v) is 5.27. The predicted molar refractivity (Wildman–Crippen MR) is 69.4 cm³/mol. The first-order chi connectivity index (χ1) is 7.88. The van der Waals surface area contributed by atoms with Crippen LogP contribution >= 0.6 is 11.8 Å². The number of methoxy groups -OCH3 is 1. The lowest BCUT2D eigenvalue weighted by atomic mass is 10.3. The van der Waals surface area contributed by atoms with Gasteiger partial charge >= 0.3 is 0 Å². The molecule has 1 aromatic rings. The normalized spacial score (nSPS) is 15.1. The van der Waals surface area contributed by atoms with E-state index < -0.39 is 0 Å². The fourth-order valence-electron chi connectivity index (χ4n) is 1.53. The van der Waals surface area contributed by atoms with Crippen molar-refractivity contribution in [1.29, 1.82) is 0 Å². The number of ether oxygens (including phenoxy) is 1. The molecule has 0 unspecified atom stereocenters. The number of hydrogen-bond acceptors (Lipinski definition) is 3. The zero-order valence-electron chi connectivity index (χ0n) is 9.74. The summed E-state index contributed by atoms with van der Waals surface area (Å²) < 4.78 is 5.13. The summed E-state index contributed by atoms with van der Waals surface area (Å²) in [6, 6.07) is 9.12. The number of benzene rings is 1. The van der Waals surface area contributed by atoms with Gasteiger partial charge in [-0.2, -0.15) is 0 Å². The van der Waals surface area contributed by atoms with Crippen LogP contribution in [0.4, 0.5) is 0 Å². The quantitative estimate of drug-likeness (QED) is 0.582. The Labute approximate surface area is 102 Å². The van der Waals surface area contributed by atoms with E-state index in [1.807, 2.05) is 23.9 Å². The summed E-state index contributed by atoms with van der Waals surface area (Å²) in [6.45, 7) is 1.16. The molecule has 1 aliphatic carbocycles. The average molecular weight is 237 g/mol. The second-order valence-electron chi connectivity index (χ2n) is 4.11. The van der Waals surface area contributed by atoms with Crippen molar-refractivity contribution in [2.75, 3.05) is 19.4 Å². The summed E-state index contributed by atoms with van der Waals surface area (Å²) in [7, 11) is 1.70. The minimum absolute atomic E-state index is 0.839. The van der Waals surface area contributed by atoms with E-state index >= 15 is 0 Å². The molecule has 0 heterocycles. The van der Waals surface area contributed by atoms with Crippen molar-refractivity contribution >= 4 is 11.8 Å². The van der Waals surface area contributed by atoms with Crippen LogP contribution in [0.15, 0.2) is 29.2 Å². The largest absolute Gasteiger partial charge is 0.497 e.